The average Bonchev–Trinajstić information content (AvgIpc) is 3.97. The highest BCUT2D eigenvalue weighted by atomic mass is 16.3. The van der Waals surface area contributed by atoms with Gasteiger partial charge in [-0.05, 0) is 79.9 Å². The third kappa shape index (κ3) is 5.18. The van der Waals surface area contributed by atoms with Gasteiger partial charge in [-0.2, -0.15) is 0 Å². The standard InChI is InChI=1S/C54H36N2O3/c1-33-21-25-35(26-22-33)55(45-17-9-15-42-39-12-5-7-19-48(39)58-53(42)45)37-29-30-44-50(31-37)57-51-32-47(38-11-3-4-14-41(38)52(44)51)56(36-27-23-34(2)24-28-36)46-18-10-16-43-40-13-6-8-20-49(40)59-54(43)46/h3-32H,1-2H3. The summed E-state index contributed by atoms with van der Waals surface area (Å²) < 4.78 is 20.3. The zero-order chi connectivity index (χ0) is 39.2. The van der Waals surface area contributed by atoms with Crippen LogP contribution in [0.5, 0.6) is 0 Å². The molecule has 5 heteroatoms. The van der Waals surface area contributed by atoms with Crippen molar-refractivity contribution in [2.24, 2.45) is 0 Å². The first kappa shape index (κ1) is 33.4. The van der Waals surface area contributed by atoms with E-state index in [1.165, 1.54) is 11.1 Å². The Hall–Kier alpha value is -7.76. The topological polar surface area (TPSA) is 45.9 Å². The van der Waals surface area contributed by atoms with Crippen LogP contribution in [0.3, 0.4) is 0 Å². The molecule has 0 bridgehead atoms. The summed E-state index contributed by atoms with van der Waals surface area (Å²) in [5.41, 5.74) is 13.3. The van der Waals surface area contributed by atoms with E-state index in [2.05, 4.69) is 181 Å². The third-order valence-corrected chi connectivity index (χ3v) is 11.8. The highest BCUT2D eigenvalue weighted by Crippen LogP contribution is 2.49. The van der Waals surface area contributed by atoms with Crippen LogP contribution in [0.15, 0.2) is 195 Å². The molecular formula is C54H36N2O3. The fourth-order valence-electron chi connectivity index (χ4n) is 8.97. The van der Waals surface area contributed by atoms with Gasteiger partial charge in [-0.15, -0.1) is 0 Å². The first-order valence-electron chi connectivity index (χ1n) is 20.0. The van der Waals surface area contributed by atoms with E-state index in [0.717, 1.165) is 111 Å². The summed E-state index contributed by atoms with van der Waals surface area (Å²) >= 11 is 0. The maximum Gasteiger partial charge on any atom is 0.159 e. The predicted octanol–water partition coefficient (Wildman–Crippen LogP) is 16.1. The number of rotatable bonds is 6. The lowest BCUT2D eigenvalue weighted by atomic mass is 10.00. The molecule has 9 aromatic carbocycles. The van der Waals surface area contributed by atoms with Crippen LogP contribution in [0.25, 0.3) is 76.6 Å². The van der Waals surface area contributed by atoms with Gasteiger partial charge in [-0.25, -0.2) is 0 Å². The van der Waals surface area contributed by atoms with Gasteiger partial charge in [-0.3, -0.25) is 0 Å². The fourth-order valence-corrected chi connectivity index (χ4v) is 8.97. The maximum atomic E-state index is 6.99. The Kier molecular flexibility index (Phi) is 7.29. The lowest BCUT2D eigenvalue weighted by Gasteiger charge is -2.27. The molecule has 0 saturated heterocycles. The summed E-state index contributed by atoms with van der Waals surface area (Å²) in [5.74, 6) is 0. The first-order chi connectivity index (χ1) is 29.1. The molecule has 0 fully saturated rings. The van der Waals surface area contributed by atoms with E-state index in [0.29, 0.717) is 0 Å². The van der Waals surface area contributed by atoms with E-state index < -0.39 is 0 Å². The fraction of sp³-hybridized carbons (Fsp3) is 0.0370. The van der Waals surface area contributed by atoms with Gasteiger partial charge in [-0.1, -0.05) is 120 Å². The largest absolute Gasteiger partial charge is 0.456 e. The number of para-hydroxylation sites is 4. The molecule has 12 aromatic rings. The van der Waals surface area contributed by atoms with Gasteiger partial charge in [0.2, 0.25) is 0 Å². The minimum Gasteiger partial charge on any atom is -0.456 e. The second kappa shape index (κ2) is 12.9. The number of furan rings is 3. The van der Waals surface area contributed by atoms with Crippen LogP contribution in [-0.2, 0) is 0 Å². The van der Waals surface area contributed by atoms with Gasteiger partial charge in [0.05, 0.1) is 22.7 Å². The number of anilines is 6. The molecular weight excluding hydrogens is 725 g/mol. The van der Waals surface area contributed by atoms with Gasteiger partial charge < -0.3 is 23.1 Å². The summed E-state index contributed by atoms with van der Waals surface area (Å²) in [6, 6.07) is 64.0. The van der Waals surface area contributed by atoms with Crippen molar-refractivity contribution in [2.75, 3.05) is 9.80 Å². The van der Waals surface area contributed by atoms with E-state index >= 15 is 0 Å². The number of hydrogen-bond acceptors (Lipinski definition) is 5. The molecule has 0 radical (unpaired) electrons. The van der Waals surface area contributed by atoms with Crippen molar-refractivity contribution in [1.29, 1.82) is 0 Å². The number of benzene rings is 9. The van der Waals surface area contributed by atoms with E-state index in [9.17, 15) is 0 Å². The third-order valence-electron chi connectivity index (χ3n) is 11.8. The summed E-state index contributed by atoms with van der Waals surface area (Å²) in [5, 5.41) is 8.71. The van der Waals surface area contributed by atoms with E-state index in [1.807, 2.05) is 24.3 Å². The second-order valence-corrected chi connectivity index (χ2v) is 15.4. The monoisotopic (exact) mass is 760 g/mol. The van der Waals surface area contributed by atoms with Crippen molar-refractivity contribution in [3.8, 4) is 0 Å². The van der Waals surface area contributed by atoms with Crippen molar-refractivity contribution in [3.63, 3.8) is 0 Å². The van der Waals surface area contributed by atoms with E-state index in [1.54, 1.807) is 0 Å². The predicted molar refractivity (Wildman–Crippen MR) is 245 cm³/mol. The molecule has 5 nitrogen and oxygen atoms in total. The molecule has 59 heavy (non-hydrogen) atoms. The summed E-state index contributed by atoms with van der Waals surface area (Å²) in [6.07, 6.45) is 0. The van der Waals surface area contributed by atoms with Crippen LogP contribution in [0.2, 0.25) is 0 Å². The van der Waals surface area contributed by atoms with Crippen LogP contribution in [0.4, 0.5) is 34.1 Å². The van der Waals surface area contributed by atoms with Gasteiger partial charge >= 0.3 is 0 Å². The molecule has 0 aliphatic carbocycles. The molecule has 12 rings (SSSR count). The molecule has 0 unspecified atom stereocenters. The zero-order valence-corrected chi connectivity index (χ0v) is 32.4. The summed E-state index contributed by atoms with van der Waals surface area (Å²) in [6.45, 7) is 4.24. The highest BCUT2D eigenvalue weighted by Gasteiger charge is 2.25. The molecule has 0 aliphatic rings. The number of nitrogens with zero attached hydrogens (tertiary/aromatic N) is 2. The van der Waals surface area contributed by atoms with Crippen LogP contribution < -0.4 is 9.80 Å². The van der Waals surface area contributed by atoms with Crippen LogP contribution in [0, 0.1) is 13.8 Å². The summed E-state index contributed by atoms with van der Waals surface area (Å²) in [4.78, 5) is 4.59. The van der Waals surface area contributed by atoms with Gasteiger partial charge in [0.25, 0.3) is 0 Å². The Balaban J connectivity index is 1.09. The quantitative estimate of drug-likeness (QED) is 0.169. The maximum absolute atomic E-state index is 6.99. The Morgan fingerprint density at radius 1 is 0.305 bits per heavy atom. The van der Waals surface area contributed by atoms with Crippen molar-refractivity contribution >= 4 is 111 Å². The molecule has 0 N–H and O–H groups in total. The van der Waals surface area contributed by atoms with Crippen LogP contribution >= 0.6 is 0 Å². The normalized spacial score (nSPS) is 11.9. The molecule has 0 atom stereocenters. The Labute approximate surface area is 339 Å². The van der Waals surface area contributed by atoms with Crippen molar-refractivity contribution in [2.45, 2.75) is 13.8 Å². The zero-order valence-electron chi connectivity index (χ0n) is 32.4. The van der Waals surface area contributed by atoms with Crippen LogP contribution in [-0.4, -0.2) is 0 Å². The van der Waals surface area contributed by atoms with Crippen molar-refractivity contribution in [1.82, 2.24) is 0 Å². The van der Waals surface area contributed by atoms with Crippen molar-refractivity contribution in [3.05, 3.63) is 193 Å². The number of aryl methyl sites for hydroxylation is 2. The lowest BCUT2D eigenvalue weighted by Crippen LogP contribution is -2.11. The van der Waals surface area contributed by atoms with Gasteiger partial charge in [0, 0.05) is 61.2 Å². The van der Waals surface area contributed by atoms with Gasteiger partial charge in [0.1, 0.15) is 22.3 Å². The molecule has 0 spiro atoms. The molecule has 0 amide bonds. The van der Waals surface area contributed by atoms with Crippen molar-refractivity contribution < 1.29 is 13.3 Å². The van der Waals surface area contributed by atoms with E-state index in [-0.39, 0.29) is 0 Å². The molecule has 0 saturated carbocycles. The smallest absolute Gasteiger partial charge is 0.159 e. The Morgan fingerprint density at radius 2 is 0.797 bits per heavy atom. The lowest BCUT2D eigenvalue weighted by molar-refractivity contribution is 0.667. The Bertz CT molecular complexity index is 3590. The molecule has 280 valence electrons. The minimum absolute atomic E-state index is 0.801. The second-order valence-electron chi connectivity index (χ2n) is 15.4. The van der Waals surface area contributed by atoms with Crippen LogP contribution in [0.1, 0.15) is 11.1 Å². The first-order valence-corrected chi connectivity index (χ1v) is 20.0. The molecule has 3 aromatic heterocycles. The SMILES string of the molecule is Cc1ccc(N(c2ccc3c(c2)oc2cc(N(c4ccc(C)cc4)c4cccc5c4oc4ccccc45)c4ccccc4c23)c2cccc3c2oc2ccccc23)cc1. The Morgan fingerprint density at radius 3 is 1.41 bits per heavy atom. The summed E-state index contributed by atoms with van der Waals surface area (Å²) in [7, 11) is 0. The molecule has 0 aliphatic heterocycles. The minimum atomic E-state index is 0.801. The van der Waals surface area contributed by atoms with E-state index in [4.69, 9.17) is 13.3 Å². The number of hydrogen-bond donors (Lipinski definition) is 0. The average molecular weight is 761 g/mol. The number of fused-ring (bicyclic) bond motifs is 11. The molecule has 3 heterocycles. The van der Waals surface area contributed by atoms with Gasteiger partial charge in [0.15, 0.2) is 11.2 Å². The highest BCUT2D eigenvalue weighted by molar-refractivity contribution is 6.23.